The Kier molecular flexibility index (Phi) is 3.86. The lowest BCUT2D eigenvalue weighted by Crippen LogP contribution is -2.56. The smallest absolute Gasteiger partial charge is 0.0538 e. The van der Waals surface area contributed by atoms with Gasteiger partial charge in [-0.3, -0.25) is 14.5 Å². The molecule has 2 saturated heterocycles. The standard InChI is InChI=1S/C14H25N5/c1-17-10-12(9-16-17)14(8-15)19-7-6-18-5-3-2-4-13(18)11-19/h9-10,13-14H,2-8,11,15H2,1H3. The summed E-state index contributed by atoms with van der Waals surface area (Å²) >= 11 is 0. The molecule has 1 aromatic rings. The lowest BCUT2D eigenvalue weighted by Gasteiger charge is -2.46. The van der Waals surface area contributed by atoms with Gasteiger partial charge < -0.3 is 5.73 Å². The molecule has 2 N–H and O–H groups in total. The Morgan fingerprint density at radius 3 is 3.00 bits per heavy atom. The van der Waals surface area contributed by atoms with Gasteiger partial charge in [-0.15, -0.1) is 0 Å². The van der Waals surface area contributed by atoms with E-state index in [1.807, 2.05) is 17.9 Å². The number of nitrogens with two attached hydrogens (primary N) is 1. The highest BCUT2D eigenvalue weighted by Crippen LogP contribution is 2.26. The third kappa shape index (κ3) is 2.68. The van der Waals surface area contributed by atoms with Gasteiger partial charge in [0.2, 0.25) is 0 Å². The van der Waals surface area contributed by atoms with Gasteiger partial charge in [0.15, 0.2) is 0 Å². The van der Waals surface area contributed by atoms with Gasteiger partial charge >= 0.3 is 0 Å². The van der Waals surface area contributed by atoms with Crippen LogP contribution in [0, 0.1) is 0 Å². The van der Waals surface area contributed by atoms with E-state index in [4.69, 9.17) is 5.73 Å². The maximum Gasteiger partial charge on any atom is 0.0538 e. The Bertz CT molecular complexity index is 416. The highest BCUT2D eigenvalue weighted by atomic mass is 15.3. The van der Waals surface area contributed by atoms with Gasteiger partial charge in [0, 0.05) is 51.0 Å². The Balaban J connectivity index is 1.70. The van der Waals surface area contributed by atoms with Gasteiger partial charge in [0.05, 0.1) is 12.2 Å². The largest absolute Gasteiger partial charge is 0.329 e. The fraction of sp³-hybridized carbons (Fsp3) is 0.786. The first kappa shape index (κ1) is 13.1. The summed E-state index contributed by atoms with van der Waals surface area (Å²) in [4.78, 5) is 5.22. The summed E-state index contributed by atoms with van der Waals surface area (Å²) in [6.07, 6.45) is 8.17. The molecule has 0 amide bonds. The van der Waals surface area contributed by atoms with Crippen molar-refractivity contribution < 1.29 is 0 Å². The topological polar surface area (TPSA) is 50.3 Å². The van der Waals surface area contributed by atoms with Crippen molar-refractivity contribution in [3.63, 3.8) is 0 Å². The van der Waals surface area contributed by atoms with Gasteiger partial charge in [-0.25, -0.2) is 0 Å². The molecular weight excluding hydrogens is 238 g/mol. The number of rotatable bonds is 3. The van der Waals surface area contributed by atoms with E-state index in [9.17, 15) is 0 Å². The zero-order chi connectivity index (χ0) is 13.2. The summed E-state index contributed by atoms with van der Waals surface area (Å²) in [5, 5.41) is 4.29. The summed E-state index contributed by atoms with van der Waals surface area (Å²) in [5.41, 5.74) is 7.28. The van der Waals surface area contributed by atoms with E-state index in [-0.39, 0.29) is 0 Å². The van der Waals surface area contributed by atoms with E-state index >= 15 is 0 Å². The summed E-state index contributed by atoms with van der Waals surface area (Å²) in [6, 6.07) is 1.07. The van der Waals surface area contributed by atoms with Crippen molar-refractivity contribution in [2.24, 2.45) is 12.8 Å². The number of aromatic nitrogens is 2. The van der Waals surface area contributed by atoms with Gasteiger partial charge in [-0.2, -0.15) is 5.10 Å². The van der Waals surface area contributed by atoms with E-state index < -0.39 is 0 Å². The number of fused-ring (bicyclic) bond motifs is 1. The number of piperidine rings is 1. The summed E-state index contributed by atoms with van der Waals surface area (Å²) in [5.74, 6) is 0. The van der Waals surface area contributed by atoms with E-state index in [0.29, 0.717) is 12.6 Å². The highest BCUT2D eigenvalue weighted by Gasteiger charge is 2.32. The highest BCUT2D eigenvalue weighted by molar-refractivity contribution is 5.12. The molecule has 3 rings (SSSR count). The van der Waals surface area contributed by atoms with Gasteiger partial charge in [0.25, 0.3) is 0 Å². The van der Waals surface area contributed by atoms with Gasteiger partial charge in [-0.05, 0) is 19.4 Å². The molecule has 0 saturated carbocycles. The summed E-state index contributed by atoms with van der Waals surface area (Å²) in [7, 11) is 1.97. The number of aryl methyl sites for hydroxylation is 1. The molecule has 0 aromatic carbocycles. The first-order valence-corrected chi connectivity index (χ1v) is 7.44. The van der Waals surface area contributed by atoms with Crippen LogP contribution in [0.25, 0.3) is 0 Å². The molecule has 0 aliphatic carbocycles. The second-order valence-electron chi connectivity index (χ2n) is 5.88. The summed E-state index contributed by atoms with van der Waals surface area (Å²) in [6.45, 7) is 5.46. The third-order valence-electron chi connectivity index (χ3n) is 4.64. The van der Waals surface area contributed by atoms with Crippen molar-refractivity contribution in [1.29, 1.82) is 0 Å². The normalized spacial score (nSPS) is 27.2. The molecule has 0 spiro atoms. The number of piperazine rings is 1. The Hall–Kier alpha value is -0.910. The minimum Gasteiger partial charge on any atom is -0.329 e. The number of nitrogens with zero attached hydrogens (tertiary/aromatic N) is 4. The van der Waals surface area contributed by atoms with Crippen molar-refractivity contribution >= 4 is 0 Å². The molecule has 2 fully saturated rings. The summed E-state index contributed by atoms with van der Waals surface area (Å²) < 4.78 is 1.87. The Morgan fingerprint density at radius 2 is 2.26 bits per heavy atom. The van der Waals surface area contributed by atoms with E-state index in [0.717, 1.165) is 19.1 Å². The van der Waals surface area contributed by atoms with Crippen LogP contribution in [-0.4, -0.2) is 58.3 Å². The van der Waals surface area contributed by atoms with E-state index in [2.05, 4.69) is 21.1 Å². The predicted octanol–water partition coefficient (Wildman–Crippen LogP) is 0.590. The first-order chi connectivity index (χ1) is 9.28. The molecule has 5 heteroatoms. The van der Waals surface area contributed by atoms with Crippen LogP contribution >= 0.6 is 0 Å². The van der Waals surface area contributed by atoms with Crippen LogP contribution in [-0.2, 0) is 7.05 Å². The Morgan fingerprint density at radius 1 is 1.37 bits per heavy atom. The fourth-order valence-corrected chi connectivity index (χ4v) is 3.57. The second kappa shape index (κ2) is 5.61. The first-order valence-electron chi connectivity index (χ1n) is 7.44. The lowest BCUT2D eigenvalue weighted by atomic mass is 9.97. The van der Waals surface area contributed by atoms with Gasteiger partial charge in [0.1, 0.15) is 0 Å². The van der Waals surface area contributed by atoms with Crippen molar-refractivity contribution in [1.82, 2.24) is 19.6 Å². The molecule has 5 nitrogen and oxygen atoms in total. The molecule has 2 aliphatic rings. The Labute approximate surface area is 115 Å². The monoisotopic (exact) mass is 263 g/mol. The average Bonchev–Trinajstić information content (AvgIpc) is 2.86. The maximum atomic E-state index is 6.02. The number of hydrogen-bond acceptors (Lipinski definition) is 4. The zero-order valence-corrected chi connectivity index (χ0v) is 11.8. The molecule has 19 heavy (non-hydrogen) atoms. The zero-order valence-electron chi connectivity index (χ0n) is 11.8. The van der Waals surface area contributed by atoms with Crippen LogP contribution in [0.1, 0.15) is 30.9 Å². The number of hydrogen-bond donors (Lipinski definition) is 1. The molecule has 2 unspecified atom stereocenters. The SMILES string of the molecule is Cn1cc(C(CN)N2CCN3CCCCC3C2)cn1. The predicted molar refractivity (Wildman–Crippen MR) is 75.8 cm³/mol. The van der Waals surface area contributed by atoms with Crippen LogP contribution in [0.2, 0.25) is 0 Å². The van der Waals surface area contributed by atoms with Crippen molar-refractivity contribution in [2.45, 2.75) is 31.3 Å². The van der Waals surface area contributed by atoms with Crippen molar-refractivity contribution in [3.05, 3.63) is 18.0 Å². The fourth-order valence-electron chi connectivity index (χ4n) is 3.57. The van der Waals surface area contributed by atoms with Crippen LogP contribution in [0.5, 0.6) is 0 Å². The second-order valence-corrected chi connectivity index (χ2v) is 5.88. The van der Waals surface area contributed by atoms with Crippen molar-refractivity contribution in [2.75, 3.05) is 32.7 Å². The lowest BCUT2D eigenvalue weighted by molar-refractivity contribution is 0.0286. The molecule has 2 aliphatic heterocycles. The molecule has 3 heterocycles. The molecule has 106 valence electrons. The van der Waals surface area contributed by atoms with E-state index in [1.54, 1.807) is 0 Å². The molecule has 1 aromatic heterocycles. The quantitative estimate of drug-likeness (QED) is 0.867. The third-order valence-corrected chi connectivity index (χ3v) is 4.64. The van der Waals surface area contributed by atoms with Crippen LogP contribution < -0.4 is 5.73 Å². The minimum atomic E-state index is 0.331. The van der Waals surface area contributed by atoms with E-state index in [1.165, 1.54) is 37.9 Å². The molecule has 0 bridgehead atoms. The van der Waals surface area contributed by atoms with Crippen LogP contribution in [0.15, 0.2) is 12.4 Å². The molecule has 2 atom stereocenters. The molecular formula is C14H25N5. The maximum absolute atomic E-state index is 6.02. The van der Waals surface area contributed by atoms with Crippen LogP contribution in [0.3, 0.4) is 0 Å². The minimum absolute atomic E-state index is 0.331. The molecule has 0 radical (unpaired) electrons. The average molecular weight is 263 g/mol. The van der Waals surface area contributed by atoms with Gasteiger partial charge in [-0.1, -0.05) is 6.42 Å². The van der Waals surface area contributed by atoms with Crippen LogP contribution in [0.4, 0.5) is 0 Å². The van der Waals surface area contributed by atoms with Crippen molar-refractivity contribution in [3.8, 4) is 0 Å².